The minimum atomic E-state index is -0.117. The van der Waals surface area contributed by atoms with Gasteiger partial charge in [0.1, 0.15) is 5.69 Å². The monoisotopic (exact) mass is 279 g/mol. The van der Waals surface area contributed by atoms with Crippen LogP contribution in [0.15, 0.2) is 24.3 Å². The van der Waals surface area contributed by atoms with Crippen LogP contribution in [0.25, 0.3) is 0 Å². The summed E-state index contributed by atoms with van der Waals surface area (Å²) >= 11 is 5.88. The fourth-order valence-corrected chi connectivity index (χ4v) is 2.27. The van der Waals surface area contributed by atoms with Crippen LogP contribution in [0.1, 0.15) is 37.7 Å². The second kappa shape index (κ2) is 5.31. The lowest BCUT2D eigenvalue weighted by atomic mass is 9.90. The first-order chi connectivity index (χ1) is 8.91. The zero-order valence-electron chi connectivity index (χ0n) is 11.4. The van der Waals surface area contributed by atoms with E-state index in [0.717, 1.165) is 16.3 Å². The topological polar surface area (TPSA) is 50.9 Å². The van der Waals surface area contributed by atoms with Crippen molar-refractivity contribution in [2.75, 3.05) is 0 Å². The van der Waals surface area contributed by atoms with Crippen LogP contribution in [-0.2, 0) is 18.6 Å². The second-order valence-corrected chi connectivity index (χ2v) is 6.01. The molecule has 0 bridgehead atoms. The normalized spacial score (nSPS) is 11.8. The molecule has 1 aromatic carbocycles. The Bertz CT molecular complexity index is 555. The number of benzene rings is 1. The average molecular weight is 280 g/mol. The van der Waals surface area contributed by atoms with E-state index in [1.165, 1.54) is 0 Å². The van der Waals surface area contributed by atoms with Gasteiger partial charge in [0, 0.05) is 10.4 Å². The Morgan fingerprint density at radius 1 is 1.21 bits per heavy atom. The lowest BCUT2D eigenvalue weighted by molar-refractivity contribution is 0.273. The smallest absolute Gasteiger partial charge is 0.112 e. The Hall–Kier alpha value is -1.39. The Balaban J connectivity index is 2.35. The van der Waals surface area contributed by atoms with Gasteiger partial charge in [0.2, 0.25) is 0 Å². The molecular formula is C14H18ClN3O. The van der Waals surface area contributed by atoms with Crippen molar-refractivity contribution in [2.24, 2.45) is 0 Å². The van der Waals surface area contributed by atoms with Gasteiger partial charge in [-0.3, -0.25) is 0 Å². The van der Waals surface area contributed by atoms with Crippen molar-refractivity contribution in [1.82, 2.24) is 15.0 Å². The van der Waals surface area contributed by atoms with Gasteiger partial charge in [-0.25, -0.2) is 4.68 Å². The summed E-state index contributed by atoms with van der Waals surface area (Å²) in [5.41, 5.74) is 2.59. The standard InChI is InChI=1S/C14H18ClN3O/c1-14(2,3)13-12(9-19)16-17-18(13)8-10-4-6-11(15)7-5-10/h4-7,19H,8-9H2,1-3H3. The minimum Gasteiger partial charge on any atom is -0.390 e. The summed E-state index contributed by atoms with van der Waals surface area (Å²) in [5.74, 6) is 0. The Morgan fingerprint density at radius 3 is 2.37 bits per heavy atom. The first kappa shape index (κ1) is 14.0. The molecule has 2 aromatic rings. The summed E-state index contributed by atoms with van der Waals surface area (Å²) in [5, 5.41) is 18.3. The van der Waals surface area contributed by atoms with Gasteiger partial charge in [-0.1, -0.05) is 49.7 Å². The third kappa shape index (κ3) is 3.14. The predicted molar refractivity (Wildman–Crippen MR) is 75.2 cm³/mol. The van der Waals surface area contributed by atoms with Gasteiger partial charge in [-0.2, -0.15) is 0 Å². The van der Waals surface area contributed by atoms with E-state index in [9.17, 15) is 5.11 Å². The van der Waals surface area contributed by atoms with Gasteiger partial charge in [-0.05, 0) is 17.7 Å². The van der Waals surface area contributed by atoms with Crippen molar-refractivity contribution in [1.29, 1.82) is 0 Å². The molecule has 5 heteroatoms. The average Bonchev–Trinajstić information content (AvgIpc) is 2.75. The second-order valence-electron chi connectivity index (χ2n) is 5.58. The van der Waals surface area contributed by atoms with E-state index in [2.05, 4.69) is 31.1 Å². The summed E-state index contributed by atoms with van der Waals surface area (Å²) in [6.45, 7) is 6.79. The van der Waals surface area contributed by atoms with Crippen LogP contribution in [0.2, 0.25) is 5.02 Å². The molecular weight excluding hydrogens is 262 g/mol. The maximum absolute atomic E-state index is 9.36. The molecule has 0 saturated carbocycles. The molecule has 0 fully saturated rings. The Labute approximate surface area is 118 Å². The molecule has 0 unspecified atom stereocenters. The highest BCUT2D eigenvalue weighted by molar-refractivity contribution is 6.30. The number of aromatic nitrogens is 3. The van der Waals surface area contributed by atoms with Gasteiger partial charge >= 0.3 is 0 Å². The van der Waals surface area contributed by atoms with Gasteiger partial charge in [0.05, 0.1) is 18.8 Å². The van der Waals surface area contributed by atoms with Crippen LogP contribution >= 0.6 is 11.6 Å². The van der Waals surface area contributed by atoms with Crippen molar-refractivity contribution < 1.29 is 5.11 Å². The maximum Gasteiger partial charge on any atom is 0.112 e. The number of halogens is 1. The summed E-state index contributed by atoms with van der Waals surface area (Å²) in [6.07, 6.45) is 0. The highest BCUT2D eigenvalue weighted by atomic mass is 35.5. The van der Waals surface area contributed by atoms with E-state index in [-0.39, 0.29) is 12.0 Å². The largest absolute Gasteiger partial charge is 0.390 e. The molecule has 0 aliphatic carbocycles. The van der Waals surface area contributed by atoms with E-state index in [1.807, 2.05) is 28.9 Å². The van der Waals surface area contributed by atoms with Crippen LogP contribution in [0.5, 0.6) is 0 Å². The van der Waals surface area contributed by atoms with E-state index in [4.69, 9.17) is 11.6 Å². The van der Waals surface area contributed by atoms with E-state index in [1.54, 1.807) is 0 Å². The number of nitrogens with zero attached hydrogens (tertiary/aromatic N) is 3. The molecule has 19 heavy (non-hydrogen) atoms. The summed E-state index contributed by atoms with van der Waals surface area (Å²) in [6, 6.07) is 7.65. The van der Waals surface area contributed by atoms with Crippen molar-refractivity contribution in [2.45, 2.75) is 39.3 Å². The zero-order chi connectivity index (χ0) is 14.0. The molecule has 0 amide bonds. The fraction of sp³-hybridized carbons (Fsp3) is 0.429. The van der Waals surface area contributed by atoms with Crippen LogP contribution in [-0.4, -0.2) is 20.1 Å². The van der Waals surface area contributed by atoms with Crippen LogP contribution in [0.3, 0.4) is 0 Å². The molecule has 2 rings (SSSR count). The Kier molecular flexibility index (Phi) is 3.92. The Morgan fingerprint density at radius 2 is 1.84 bits per heavy atom. The first-order valence-corrected chi connectivity index (χ1v) is 6.58. The lowest BCUT2D eigenvalue weighted by Gasteiger charge is -2.21. The van der Waals surface area contributed by atoms with Crippen molar-refractivity contribution in [3.8, 4) is 0 Å². The molecule has 0 aliphatic rings. The SMILES string of the molecule is CC(C)(C)c1c(CO)nnn1Cc1ccc(Cl)cc1. The molecule has 102 valence electrons. The number of aliphatic hydroxyl groups is 1. The van der Waals surface area contributed by atoms with Gasteiger partial charge in [0.25, 0.3) is 0 Å². The lowest BCUT2D eigenvalue weighted by Crippen LogP contribution is -2.20. The highest BCUT2D eigenvalue weighted by Crippen LogP contribution is 2.25. The summed E-state index contributed by atoms with van der Waals surface area (Å²) in [7, 11) is 0. The molecule has 0 atom stereocenters. The summed E-state index contributed by atoms with van der Waals surface area (Å²) in [4.78, 5) is 0. The maximum atomic E-state index is 9.36. The van der Waals surface area contributed by atoms with Gasteiger partial charge < -0.3 is 5.11 Å². The molecule has 0 radical (unpaired) electrons. The number of rotatable bonds is 3. The molecule has 1 N–H and O–H groups in total. The van der Waals surface area contributed by atoms with E-state index >= 15 is 0 Å². The molecule has 1 aromatic heterocycles. The van der Waals surface area contributed by atoms with E-state index in [0.29, 0.717) is 12.2 Å². The van der Waals surface area contributed by atoms with Crippen LogP contribution < -0.4 is 0 Å². The highest BCUT2D eigenvalue weighted by Gasteiger charge is 2.24. The number of hydrogen-bond donors (Lipinski definition) is 1. The third-order valence-electron chi connectivity index (χ3n) is 2.91. The van der Waals surface area contributed by atoms with E-state index < -0.39 is 0 Å². The predicted octanol–water partition coefficient (Wildman–Crippen LogP) is 2.77. The van der Waals surface area contributed by atoms with Crippen LogP contribution in [0.4, 0.5) is 0 Å². The quantitative estimate of drug-likeness (QED) is 0.940. The van der Waals surface area contributed by atoms with Gasteiger partial charge in [-0.15, -0.1) is 5.10 Å². The third-order valence-corrected chi connectivity index (χ3v) is 3.16. The minimum absolute atomic E-state index is 0.0901. The molecule has 0 spiro atoms. The molecule has 4 nitrogen and oxygen atoms in total. The van der Waals surface area contributed by atoms with Crippen molar-refractivity contribution in [3.05, 3.63) is 46.2 Å². The zero-order valence-corrected chi connectivity index (χ0v) is 12.1. The van der Waals surface area contributed by atoms with Crippen LogP contribution in [0, 0.1) is 0 Å². The van der Waals surface area contributed by atoms with Gasteiger partial charge in [0.15, 0.2) is 0 Å². The van der Waals surface area contributed by atoms with Crippen molar-refractivity contribution in [3.63, 3.8) is 0 Å². The summed E-state index contributed by atoms with van der Waals surface area (Å²) < 4.78 is 1.84. The number of hydrogen-bond acceptors (Lipinski definition) is 3. The van der Waals surface area contributed by atoms with Crippen molar-refractivity contribution >= 4 is 11.6 Å². The molecule has 1 heterocycles. The molecule has 0 aliphatic heterocycles. The fourth-order valence-electron chi connectivity index (χ4n) is 2.15. The number of aliphatic hydroxyl groups excluding tert-OH is 1. The molecule has 0 saturated heterocycles. The first-order valence-electron chi connectivity index (χ1n) is 6.20.